The quantitative estimate of drug-likeness (QED) is 0.0976. The zero-order valence-electron chi connectivity index (χ0n) is 19.0. The number of aliphatic imine (C=N–C) groups is 1. The molecule has 12 heteroatoms. The summed E-state index contributed by atoms with van der Waals surface area (Å²) >= 11 is 0. The molecule has 0 aromatic heterocycles. The Balaban J connectivity index is 2.72. The van der Waals surface area contributed by atoms with Crippen LogP contribution in [0.5, 0.6) is 0 Å². The number of aliphatic carboxylic acids is 1. The molecule has 0 aliphatic carbocycles. The van der Waals surface area contributed by atoms with Crippen LogP contribution in [0.2, 0.25) is 0 Å². The third-order valence-corrected chi connectivity index (χ3v) is 5.48. The van der Waals surface area contributed by atoms with E-state index in [1.54, 1.807) is 6.92 Å². The van der Waals surface area contributed by atoms with Gasteiger partial charge in [-0.25, -0.2) is 4.79 Å². The Morgan fingerprint density at radius 1 is 1.12 bits per heavy atom. The van der Waals surface area contributed by atoms with Gasteiger partial charge in [-0.15, -0.1) is 0 Å². The molecule has 0 radical (unpaired) electrons. The second-order valence-electron chi connectivity index (χ2n) is 8.10. The third kappa shape index (κ3) is 9.08. The van der Waals surface area contributed by atoms with E-state index in [2.05, 4.69) is 26.3 Å². The first kappa shape index (κ1) is 27.1. The molecule has 5 unspecified atom stereocenters. The molecule has 0 bridgehead atoms. The largest absolute Gasteiger partial charge is 0.480 e. The highest BCUT2D eigenvalue weighted by atomic mass is 16.4. The average molecular weight is 456 g/mol. The summed E-state index contributed by atoms with van der Waals surface area (Å²) in [5.74, 6) is -2.92. The normalized spacial score (nSPS) is 19.2. The van der Waals surface area contributed by atoms with Gasteiger partial charge in [-0.1, -0.05) is 20.3 Å². The van der Waals surface area contributed by atoms with Crippen LogP contribution in [-0.2, 0) is 19.2 Å². The van der Waals surface area contributed by atoms with E-state index in [9.17, 15) is 24.3 Å². The molecule has 0 aromatic carbocycles. The van der Waals surface area contributed by atoms with E-state index in [1.807, 2.05) is 6.92 Å². The number of carbonyl (C=O) groups is 4. The first-order valence-corrected chi connectivity index (χ1v) is 11.0. The number of carboxylic acid groups (broad SMARTS) is 1. The molecule has 1 aliphatic heterocycles. The Bertz CT molecular complexity index is 690. The molecule has 32 heavy (non-hydrogen) atoms. The Kier molecular flexibility index (Phi) is 11.5. The van der Waals surface area contributed by atoms with Crippen LogP contribution in [0.4, 0.5) is 0 Å². The SMILES string of the molecule is CCC(C)C(NC(=O)C(C)NC(=O)C1CCCN1)C(=O)NC(CCCN=C(N)N)C(=O)O. The number of carboxylic acids is 1. The second-order valence-corrected chi connectivity index (χ2v) is 8.10. The number of hydrogen-bond donors (Lipinski definition) is 7. The van der Waals surface area contributed by atoms with Gasteiger partial charge in [0.2, 0.25) is 17.7 Å². The number of carbonyl (C=O) groups excluding carboxylic acids is 3. The lowest BCUT2D eigenvalue weighted by Crippen LogP contribution is -2.58. The van der Waals surface area contributed by atoms with Crippen molar-refractivity contribution in [3.05, 3.63) is 0 Å². The van der Waals surface area contributed by atoms with Gasteiger partial charge in [-0.2, -0.15) is 0 Å². The van der Waals surface area contributed by atoms with Crippen LogP contribution in [0.3, 0.4) is 0 Å². The Morgan fingerprint density at radius 2 is 1.81 bits per heavy atom. The standard InChI is InChI=1S/C20H37N7O5/c1-4-11(2)15(18(30)26-14(19(31)32)8-6-10-24-20(21)22)27-16(28)12(3)25-17(29)13-7-5-9-23-13/h11-15,23H,4-10H2,1-3H3,(H,25,29)(H,26,30)(H,27,28)(H,31,32)(H4,21,22,24). The first-order valence-electron chi connectivity index (χ1n) is 11.0. The summed E-state index contributed by atoms with van der Waals surface area (Å²) in [5, 5.41) is 20.3. The zero-order valence-corrected chi connectivity index (χ0v) is 19.0. The lowest BCUT2D eigenvalue weighted by Gasteiger charge is -2.27. The first-order chi connectivity index (χ1) is 15.1. The molecule has 182 valence electrons. The van der Waals surface area contributed by atoms with Crippen LogP contribution in [-0.4, -0.2) is 72.0 Å². The summed E-state index contributed by atoms with van der Waals surface area (Å²) in [6.45, 7) is 6.17. The second kappa shape index (κ2) is 13.5. The highest BCUT2D eigenvalue weighted by Gasteiger charge is 2.32. The van der Waals surface area contributed by atoms with E-state index in [4.69, 9.17) is 11.5 Å². The molecule has 5 atom stereocenters. The van der Waals surface area contributed by atoms with Crippen molar-refractivity contribution in [1.82, 2.24) is 21.3 Å². The van der Waals surface area contributed by atoms with Crippen LogP contribution in [0.1, 0.15) is 52.9 Å². The van der Waals surface area contributed by atoms with Gasteiger partial charge in [0.1, 0.15) is 18.1 Å². The highest BCUT2D eigenvalue weighted by Crippen LogP contribution is 2.10. The van der Waals surface area contributed by atoms with E-state index in [0.717, 1.165) is 13.0 Å². The van der Waals surface area contributed by atoms with Crippen LogP contribution in [0.15, 0.2) is 4.99 Å². The summed E-state index contributed by atoms with van der Waals surface area (Å²) in [6.07, 6.45) is 2.66. The predicted molar refractivity (Wildman–Crippen MR) is 119 cm³/mol. The predicted octanol–water partition coefficient (Wildman–Crippen LogP) is -1.60. The number of nitrogens with one attached hydrogen (secondary N) is 4. The molecule has 0 saturated carbocycles. The summed E-state index contributed by atoms with van der Waals surface area (Å²) in [4.78, 5) is 53.1. The van der Waals surface area contributed by atoms with Gasteiger partial charge in [0, 0.05) is 6.54 Å². The van der Waals surface area contributed by atoms with Crippen molar-refractivity contribution in [1.29, 1.82) is 0 Å². The van der Waals surface area contributed by atoms with Crippen LogP contribution >= 0.6 is 0 Å². The Morgan fingerprint density at radius 3 is 2.34 bits per heavy atom. The zero-order chi connectivity index (χ0) is 24.3. The lowest BCUT2D eigenvalue weighted by atomic mass is 9.97. The minimum Gasteiger partial charge on any atom is -0.480 e. The van der Waals surface area contributed by atoms with Gasteiger partial charge in [0.15, 0.2) is 5.96 Å². The molecule has 1 aliphatic rings. The summed E-state index contributed by atoms with van der Waals surface area (Å²) in [6, 6.07) is -3.27. The fourth-order valence-corrected chi connectivity index (χ4v) is 3.29. The number of rotatable bonds is 13. The van der Waals surface area contributed by atoms with Gasteiger partial charge in [-0.3, -0.25) is 19.4 Å². The maximum atomic E-state index is 12.8. The fourth-order valence-electron chi connectivity index (χ4n) is 3.29. The van der Waals surface area contributed by atoms with Gasteiger partial charge in [0.05, 0.1) is 6.04 Å². The highest BCUT2D eigenvalue weighted by molar-refractivity contribution is 5.94. The van der Waals surface area contributed by atoms with Gasteiger partial charge >= 0.3 is 5.97 Å². The number of guanidine groups is 1. The molecule has 3 amide bonds. The molecule has 0 spiro atoms. The van der Waals surface area contributed by atoms with Crippen molar-refractivity contribution >= 4 is 29.7 Å². The molecule has 1 fully saturated rings. The topological polar surface area (TPSA) is 201 Å². The van der Waals surface area contributed by atoms with E-state index in [-0.39, 0.29) is 36.8 Å². The number of hydrogen-bond acceptors (Lipinski definition) is 6. The molecule has 1 heterocycles. The summed E-state index contributed by atoms with van der Waals surface area (Å²) in [7, 11) is 0. The van der Waals surface area contributed by atoms with Crippen molar-refractivity contribution in [3.8, 4) is 0 Å². The maximum absolute atomic E-state index is 12.8. The van der Waals surface area contributed by atoms with Crippen molar-refractivity contribution in [2.75, 3.05) is 13.1 Å². The van der Waals surface area contributed by atoms with Crippen molar-refractivity contribution < 1.29 is 24.3 Å². The minimum absolute atomic E-state index is 0.0922. The van der Waals surface area contributed by atoms with Crippen molar-refractivity contribution in [2.24, 2.45) is 22.4 Å². The molecule has 0 aromatic rings. The van der Waals surface area contributed by atoms with E-state index < -0.39 is 35.9 Å². The van der Waals surface area contributed by atoms with E-state index in [0.29, 0.717) is 19.3 Å². The third-order valence-electron chi connectivity index (χ3n) is 5.48. The van der Waals surface area contributed by atoms with Crippen molar-refractivity contribution in [2.45, 2.75) is 77.0 Å². The summed E-state index contributed by atoms with van der Waals surface area (Å²) in [5.41, 5.74) is 10.5. The number of nitrogens with zero attached hydrogens (tertiary/aromatic N) is 1. The van der Waals surface area contributed by atoms with Gasteiger partial charge in [-0.05, 0) is 45.1 Å². The molecule has 1 rings (SSSR count). The molecule has 12 nitrogen and oxygen atoms in total. The number of nitrogens with two attached hydrogens (primary N) is 2. The minimum atomic E-state index is -1.19. The number of amides is 3. The van der Waals surface area contributed by atoms with Crippen LogP contribution < -0.4 is 32.7 Å². The average Bonchev–Trinajstić information content (AvgIpc) is 3.27. The Labute approximate surface area is 188 Å². The van der Waals surface area contributed by atoms with Crippen LogP contribution in [0, 0.1) is 5.92 Å². The fraction of sp³-hybridized carbons (Fsp3) is 0.750. The van der Waals surface area contributed by atoms with Crippen LogP contribution in [0.25, 0.3) is 0 Å². The van der Waals surface area contributed by atoms with E-state index in [1.165, 1.54) is 6.92 Å². The van der Waals surface area contributed by atoms with Gasteiger partial charge in [0.25, 0.3) is 0 Å². The maximum Gasteiger partial charge on any atom is 0.326 e. The molecule has 9 N–H and O–H groups in total. The monoisotopic (exact) mass is 455 g/mol. The van der Waals surface area contributed by atoms with Crippen molar-refractivity contribution in [3.63, 3.8) is 0 Å². The Hall–Kier alpha value is -2.89. The van der Waals surface area contributed by atoms with E-state index >= 15 is 0 Å². The molecular weight excluding hydrogens is 418 g/mol. The smallest absolute Gasteiger partial charge is 0.326 e. The molecular formula is C20H37N7O5. The van der Waals surface area contributed by atoms with Gasteiger partial charge < -0.3 is 37.8 Å². The lowest BCUT2D eigenvalue weighted by molar-refractivity contribution is -0.142. The molecule has 1 saturated heterocycles. The summed E-state index contributed by atoms with van der Waals surface area (Å²) < 4.78 is 0.